The number of esters is 1. The average Bonchev–Trinajstić information content (AvgIpc) is 1.63. The van der Waals surface area contributed by atoms with Gasteiger partial charge in [-0.3, -0.25) is 4.79 Å². The number of carbonyl (C=O) groups excluding carboxylic acids is 1. The second kappa shape index (κ2) is 3.45. The summed E-state index contributed by atoms with van der Waals surface area (Å²) in [6.45, 7) is 5.02. The van der Waals surface area contributed by atoms with Gasteiger partial charge in [0.1, 0.15) is 6.04 Å². The van der Waals surface area contributed by atoms with Gasteiger partial charge >= 0.3 is 5.97 Å². The van der Waals surface area contributed by atoms with Crippen molar-refractivity contribution in [3.8, 4) is 0 Å². The largest absolute Gasteiger partial charge is 0.462 e. The lowest BCUT2D eigenvalue weighted by molar-refractivity contribution is -0.148. The highest BCUT2D eigenvalue weighted by molar-refractivity contribution is 5.74. The summed E-state index contributed by atoms with van der Waals surface area (Å²) in [7, 11) is 0. The first-order valence-electron chi connectivity index (χ1n) is 2.95. The first-order valence-corrected chi connectivity index (χ1v) is 2.95. The highest BCUT2D eigenvalue weighted by Gasteiger charge is 2.10. The van der Waals surface area contributed by atoms with E-state index in [4.69, 9.17) is 5.73 Å². The van der Waals surface area contributed by atoms with Gasteiger partial charge < -0.3 is 4.74 Å². The van der Waals surface area contributed by atoms with Gasteiger partial charge in [0, 0.05) is 0 Å². The van der Waals surface area contributed by atoms with E-state index in [0.717, 1.165) is 0 Å². The van der Waals surface area contributed by atoms with Crippen LogP contribution in [0.25, 0.3) is 0 Å². The molecule has 0 aromatic carbocycles. The summed E-state index contributed by atoms with van der Waals surface area (Å²) in [5.74, 6) is -0.454. The van der Waals surface area contributed by atoms with Crippen LogP contribution in [0.5, 0.6) is 0 Å². The van der Waals surface area contributed by atoms with E-state index in [-0.39, 0.29) is 6.10 Å². The van der Waals surface area contributed by atoms with Crippen LogP contribution in [-0.4, -0.2) is 18.1 Å². The second-order valence-electron chi connectivity index (χ2n) is 2.21. The fraction of sp³-hybridized carbons (Fsp3) is 0.833. The molecule has 3 nitrogen and oxygen atoms in total. The number of carbonyl (C=O) groups is 1. The van der Waals surface area contributed by atoms with Crippen molar-refractivity contribution in [2.75, 3.05) is 0 Å². The topological polar surface area (TPSA) is 50.1 Å². The van der Waals surface area contributed by atoms with Gasteiger partial charge in [-0.15, -0.1) is 0 Å². The minimum absolute atomic E-state index is 0.106. The monoisotopic (exact) mass is 130 g/mol. The summed E-state index contributed by atoms with van der Waals surface area (Å²) in [6, 6.07) is -0.757. The first-order chi connectivity index (χ1) is 4.04. The zero-order valence-electron chi connectivity index (χ0n) is 5.97. The molecule has 3 heteroatoms. The van der Waals surface area contributed by atoms with Crippen LogP contribution in [0.3, 0.4) is 0 Å². The standard InChI is InChI=1S/C6H12NO2/c1-4(2)9-6(8)5(3)7/h4-5,7H,1-3H3. The SMILES string of the molecule is CC(C)OC(=O)C(C)[NH]. The molecule has 0 bridgehead atoms. The zero-order valence-corrected chi connectivity index (χ0v) is 5.97. The Kier molecular flexibility index (Phi) is 3.24. The van der Waals surface area contributed by atoms with Crippen LogP contribution < -0.4 is 5.73 Å². The van der Waals surface area contributed by atoms with E-state index in [0.29, 0.717) is 0 Å². The molecule has 0 aromatic rings. The Morgan fingerprint density at radius 1 is 1.44 bits per heavy atom. The van der Waals surface area contributed by atoms with E-state index in [9.17, 15) is 4.79 Å². The number of ether oxygens (including phenoxy) is 1. The molecule has 0 spiro atoms. The number of rotatable bonds is 2. The van der Waals surface area contributed by atoms with Crippen molar-refractivity contribution in [1.29, 1.82) is 0 Å². The van der Waals surface area contributed by atoms with E-state index in [1.807, 2.05) is 0 Å². The average molecular weight is 130 g/mol. The molecule has 0 aliphatic carbocycles. The van der Waals surface area contributed by atoms with Crippen LogP contribution in [0.4, 0.5) is 0 Å². The Labute approximate surface area is 55.2 Å². The lowest BCUT2D eigenvalue weighted by atomic mass is 10.4. The molecule has 1 unspecified atom stereocenters. The highest BCUT2D eigenvalue weighted by Crippen LogP contribution is 1.91. The first kappa shape index (κ1) is 8.43. The predicted octanol–water partition coefficient (Wildman–Crippen LogP) is 0.609. The fourth-order valence-electron chi connectivity index (χ4n) is 0.334. The van der Waals surface area contributed by atoms with Crippen LogP contribution in [0.1, 0.15) is 20.8 Å². The van der Waals surface area contributed by atoms with Crippen molar-refractivity contribution in [3.05, 3.63) is 0 Å². The van der Waals surface area contributed by atoms with E-state index in [1.165, 1.54) is 6.92 Å². The molecule has 1 N–H and O–H groups in total. The van der Waals surface area contributed by atoms with E-state index in [2.05, 4.69) is 4.74 Å². The maximum absolute atomic E-state index is 10.5. The van der Waals surface area contributed by atoms with Crippen LogP contribution in [-0.2, 0) is 9.53 Å². The third kappa shape index (κ3) is 3.97. The third-order valence-electron chi connectivity index (χ3n) is 0.705. The molecule has 0 rings (SSSR count). The van der Waals surface area contributed by atoms with Gasteiger partial charge in [0.15, 0.2) is 0 Å². The molecule has 0 amide bonds. The van der Waals surface area contributed by atoms with Crippen molar-refractivity contribution in [3.63, 3.8) is 0 Å². The summed E-state index contributed by atoms with van der Waals surface area (Å²) < 4.78 is 4.69. The normalized spacial score (nSPS) is 13.4. The summed E-state index contributed by atoms with van der Waals surface area (Å²) in [5, 5.41) is 0. The molecule has 1 radical (unpaired) electrons. The molecule has 0 saturated heterocycles. The second-order valence-corrected chi connectivity index (χ2v) is 2.21. The summed E-state index contributed by atoms with van der Waals surface area (Å²) >= 11 is 0. The molecule has 0 aromatic heterocycles. The molecular formula is C6H12NO2. The van der Waals surface area contributed by atoms with Crippen molar-refractivity contribution < 1.29 is 9.53 Å². The fourth-order valence-corrected chi connectivity index (χ4v) is 0.334. The predicted molar refractivity (Wildman–Crippen MR) is 33.8 cm³/mol. The van der Waals surface area contributed by atoms with E-state index < -0.39 is 12.0 Å². The van der Waals surface area contributed by atoms with Gasteiger partial charge in [0.05, 0.1) is 6.10 Å². The van der Waals surface area contributed by atoms with Crippen molar-refractivity contribution in [2.24, 2.45) is 0 Å². The number of hydrogen-bond donors (Lipinski definition) is 0. The Morgan fingerprint density at radius 2 is 1.89 bits per heavy atom. The molecule has 0 fully saturated rings. The highest BCUT2D eigenvalue weighted by atomic mass is 16.5. The number of nitrogens with one attached hydrogen (secondary N) is 1. The van der Waals surface area contributed by atoms with Gasteiger partial charge in [-0.05, 0) is 20.8 Å². The molecule has 9 heavy (non-hydrogen) atoms. The minimum atomic E-state index is -0.757. The van der Waals surface area contributed by atoms with Crippen LogP contribution in [0, 0.1) is 0 Å². The molecule has 0 saturated carbocycles. The summed E-state index contributed by atoms with van der Waals surface area (Å²) in [6.07, 6.45) is -0.106. The number of hydrogen-bond acceptors (Lipinski definition) is 2. The van der Waals surface area contributed by atoms with Gasteiger partial charge in [0.25, 0.3) is 0 Å². The van der Waals surface area contributed by atoms with Crippen molar-refractivity contribution >= 4 is 5.97 Å². The maximum Gasteiger partial charge on any atom is 0.324 e. The minimum Gasteiger partial charge on any atom is -0.462 e. The molecule has 0 aliphatic rings. The zero-order chi connectivity index (χ0) is 7.44. The summed E-state index contributed by atoms with van der Waals surface area (Å²) in [5.41, 5.74) is 6.90. The third-order valence-corrected chi connectivity index (χ3v) is 0.705. The van der Waals surface area contributed by atoms with E-state index >= 15 is 0 Å². The Hall–Kier alpha value is -0.570. The lowest BCUT2D eigenvalue weighted by Crippen LogP contribution is -2.23. The van der Waals surface area contributed by atoms with Gasteiger partial charge in [-0.2, -0.15) is 0 Å². The Bertz CT molecular complexity index is 99.2. The van der Waals surface area contributed by atoms with E-state index in [1.54, 1.807) is 13.8 Å². The molecular weight excluding hydrogens is 118 g/mol. The Balaban J connectivity index is 3.51. The van der Waals surface area contributed by atoms with Crippen molar-refractivity contribution in [1.82, 2.24) is 5.73 Å². The summed E-state index contributed by atoms with van der Waals surface area (Å²) in [4.78, 5) is 10.5. The Morgan fingerprint density at radius 3 is 2.00 bits per heavy atom. The van der Waals surface area contributed by atoms with Crippen LogP contribution in [0.15, 0.2) is 0 Å². The quantitative estimate of drug-likeness (QED) is 0.514. The molecule has 1 atom stereocenters. The van der Waals surface area contributed by atoms with Crippen LogP contribution in [0.2, 0.25) is 0 Å². The molecule has 0 heterocycles. The molecule has 53 valence electrons. The van der Waals surface area contributed by atoms with Gasteiger partial charge in [-0.25, -0.2) is 5.73 Å². The molecule has 0 aliphatic heterocycles. The van der Waals surface area contributed by atoms with Gasteiger partial charge in [-0.1, -0.05) is 0 Å². The van der Waals surface area contributed by atoms with Crippen LogP contribution >= 0.6 is 0 Å². The van der Waals surface area contributed by atoms with Gasteiger partial charge in [0.2, 0.25) is 0 Å². The lowest BCUT2D eigenvalue weighted by Gasteiger charge is -2.08. The smallest absolute Gasteiger partial charge is 0.324 e. The van der Waals surface area contributed by atoms with Crippen molar-refractivity contribution in [2.45, 2.75) is 32.9 Å². The maximum atomic E-state index is 10.5.